The van der Waals surface area contributed by atoms with Gasteiger partial charge < -0.3 is 4.57 Å². The van der Waals surface area contributed by atoms with E-state index in [1.807, 2.05) is 0 Å². The summed E-state index contributed by atoms with van der Waals surface area (Å²) in [6.45, 7) is 0. The molecule has 2 aromatic heterocycles. The van der Waals surface area contributed by atoms with Crippen LogP contribution in [0.1, 0.15) is 0 Å². The SMILES string of the molecule is Cn1c(-c2cn[nH]c(=O)c2)n[nH]c1=S. The van der Waals surface area contributed by atoms with Crippen molar-refractivity contribution >= 4 is 12.2 Å². The van der Waals surface area contributed by atoms with Gasteiger partial charge in [-0.05, 0) is 12.2 Å². The lowest BCUT2D eigenvalue weighted by molar-refractivity contribution is 0.896. The maximum Gasteiger partial charge on any atom is 0.264 e. The summed E-state index contributed by atoms with van der Waals surface area (Å²) >= 11 is 4.95. The van der Waals surface area contributed by atoms with Crippen molar-refractivity contribution < 1.29 is 0 Å². The van der Waals surface area contributed by atoms with E-state index >= 15 is 0 Å². The molecule has 2 N–H and O–H groups in total. The van der Waals surface area contributed by atoms with Crippen LogP contribution in [0.25, 0.3) is 11.4 Å². The first-order valence-corrected chi connectivity index (χ1v) is 4.26. The summed E-state index contributed by atoms with van der Waals surface area (Å²) in [7, 11) is 1.77. The number of hydrogen-bond acceptors (Lipinski definition) is 4. The van der Waals surface area contributed by atoms with Crippen LogP contribution in [0, 0.1) is 4.77 Å². The van der Waals surface area contributed by atoms with Crippen LogP contribution in [0.5, 0.6) is 0 Å². The molecule has 2 heterocycles. The molecule has 0 unspecified atom stereocenters. The Balaban J connectivity index is 2.66. The second-order valence-electron chi connectivity index (χ2n) is 2.75. The fourth-order valence-electron chi connectivity index (χ4n) is 1.10. The van der Waals surface area contributed by atoms with E-state index in [0.717, 1.165) is 0 Å². The van der Waals surface area contributed by atoms with E-state index in [1.54, 1.807) is 11.6 Å². The Morgan fingerprint density at radius 3 is 2.86 bits per heavy atom. The summed E-state index contributed by atoms with van der Waals surface area (Å²) in [5.74, 6) is 0.591. The van der Waals surface area contributed by atoms with E-state index in [2.05, 4.69) is 20.4 Å². The topological polar surface area (TPSA) is 79.4 Å². The minimum Gasteiger partial charge on any atom is -0.303 e. The quantitative estimate of drug-likeness (QED) is 0.659. The lowest BCUT2D eigenvalue weighted by Crippen LogP contribution is -2.06. The number of nitrogens with one attached hydrogen (secondary N) is 2. The zero-order valence-corrected chi connectivity index (χ0v) is 8.13. The van der Waals surface area contributed by atoms with Crippen molar-refractivity contribution in [2.45, 2.75) is 0 Å². The molecule has 0 aromatic carbocycles. The van der Waals surface area contributed by atoms with E-state index in [0.29, 0.717) is 16.2 Å². The first-order valence-electron chi connectivity index (χ1n) is 3.85. The van der Waals surface area contributed by atoms with Gasteiger partial charge in [0.2, 0.25) is 0 Å². The summed E-state index contributed by atoms with van der Waals surface area (Å²) in [5.41, 5.74) is 0.361. The van der Waals surface area contributed by atoms with Crippen molar-refractivity contribution in [1.82, 2.24) is 25.0 Å². The number of rotatable bonds is 1. The fourth-order valence-corrected chi connectivity index (χ4v) is 1.24. The first kappa shape index (κ1) is 8.82. The third-order valence-corrected chi connectivity index (χ3v) is 2.17. The van der Waals surface area contributed by atoms with Gasteiger partial charge in [0.15, 0.2) is 10.6 Å². The van der Waals surface area contributed by atoms with Crippen LogP contribution in [-0.2, 0) is 7.05 Å². The molecule has 72 valence electrons. The molecule has 0 spiro atoms. The number of nitrogens with zero attached hydrogens (tertiary/aromatic N) is 3. The maximum atomic E-state index is 11.0. The number of aromatic nitrogens is 5. The van der Waals surface area contributed by atoms with Gasteiger partial charge >= 0.3 is 0 Å². The predicted molar refractivity (Wildman–Crippen MR) is 52.2 cm³/mol. The normalized spacial score (nSPS) is 10.4. The Morgan fingerprint density at radius 2 is 2.29 bits per heavy atom. The van der Waals surface area contributed by atoms with Crippen LogP contribution in [0.3, 0.4) is 0 Å². The molecule has 0 radical (unpaired) electrons. The van der Waals surface area contributed by atoms with Gasteiger partial charge in [-0.15, -0.1) is 0 Å². The third-order valence-electron chi connectivity index (χ3n) is 1.80. The van der Waals surface area contributed by atoms with Crippen molar-refractivity contribution in [2.24, 2.45) is 7.05 Å². The Bertz CT molecular complexity index is 566. The average molecular weight is 209 g/mol. The molecule has 0 bridgehead atoms. The first-order chi connectivity index (χ1) is 6.68. The summed E-state index contributed by atoms with van der Waals surface area (Å²) in [6, 6.07) is 1.41. The Morgan fingerprint density at radius 1 is 1.50 bits per heavy atom. The lowest BCUT2D eigenvalue weighted by atomic mass is 10.3. The molecule has 7 heteroatoms. The second kappa shape index (κ2) is 3.18. The van der Waals surface area contributed by atoms with Crippen LogP contribution >= 0.6 is 12.2 Å². The number of hydrogen-bond donors (Lipinski definition) is 2. The van der Waals surface area contributed by atoms with Crippen LogP contribution in [0.2, 0.25) is 0 Å². The maximum absolute atomic E-state index is 11.0. The molecule has 0 aliphatic carbocycles. The van der Waals surface area contributed by atoms with Gasteiger partial charge in [0.1, 0.15) is 0 Å². The van der Waals surface area contributed by atoms with Gasteiger partial charge in [-0.25, -0.2) is 5.10 Å². The van der Waals surface area contributed by atoms with E-state index in [1.165, 1.54) is 12.3 Å². The predicted octanol–water partition coefficient (Wildman–Crippen LogP) is 0.228. The highest BCUT2D eigenvalue weighted by Crippen LogP contribution is 2.11. The molecular weight excluding hydrogens is 202 g/mol. The molecule has 2 rings (SSSR count). The van der Waals surface area contributed by atoms with Crippen molar-refractivity contribution in [1.29, 1.82) is 0 Å². The Hall–Kier alpha value is -1.76. The van der Waals surface area contributed by atoms with E-state index in [-0.39, 0.29) is 5.56 Å². The largest absolute Gasteiger partial charge is 0.303 e. The third kappa shape index (κ3) is 1.37. The molecule has 0 aliphatic rings. The molecule has 0 amide bonds. The smallest absolute Gasteiger partial charge is 0.264 e. The Labute approximate surface area is 83.6 Å². The van der Waals surface area contributed by atoms with E-state index < -0.39 is 0 Å². The molecule has 2 aromatic rings. The minimum absolute atomic E-state index is 0.267. The summed E-state index contributed by atoms with van der Waals surface area (Å²) in [4.78, 5) is 11.0. The highest BCUT2D eigenvalue weighted by molar-refractivity contribution is 7.71. The van der Waals surface area contributed by atoms with Crippen molar-refractivity contribution in [3.05, 3.63) is 27.4 Å². The molecule has 0 saturated heterocycles. The van der Waals surface area contributed by atoms with Gasteiger partial charge in [0, 0.05) is 18.7 Å². The van der Waals surface area contributed by atoms with Gasteiger partial charge in [-0.2, -0.15) is 10.2 Å². The highest BCUT2D eigenvalue weighted by Gasteiger charge is 2.05. The van der Waals surface area contributed by atoms with Crippen LogP contribution in [0.15, 0.2) is 17.1 Å². The lowest BCUT2D eigenvalue weighted by Gasteiger charge is -1.97. The van der Waals surface area contributed by atoms with E-state index in [9.17, 15) is 4.79 Å². The summed E-state index contributed by atoms with van der Waals surface area (Å²) in [6.07, 6.45) is 1.52. The highest BCUT2D eigenvalue weighted by atomic mass is 32.1. The van der Waals surface area contributed by atoms with Crippen LogP contribution in [0.4, 0.5) is 0 Å². The minimum atomic E-state index is -0.267. The Kier molecular flexibility index (Phi) is 2.01. The van der Waals surface area contributed by atoms with Gasteiger partial charge in [0.05, 0.1) is 6.20 Å². The second-order valence-corrected chi connectivity index (χ2v) is 3.13. The molecule has 0 atom stereocenters. The molecular formula is C7H7N5OS. The van der Waals surface area contributed by atoms with E-state index in [4.69, 9.17) is 12.2 Å². The number of aromatic amines is 2. The van der Waals surface area contributed by atoms with Gasteiger partial charge in [-0.3, -0.25) is 9.89 Å². The average Bonchev–Trinajstić information content (AvgIpc) is 2.48. The summed E-state index contributed by atoms with van der Waals surface area (Å²) in [5, 5.41) is 12.6. The molecule has 0 saturated carbocycles. The van der Waals surface area contributed by atoms with Crippen molar-refractivity contribution in [2.75, 3.05) is 0 Å². The zero-order valence-electron chi connectivity index (χ0n) is 7.31. The van der Waals surface area contributed by atoms with Crippen LogP contribution in [-0.4, -0.2) is 25.0 Å². The van der Waals surface area contributed by atoms with Crippen LogP contribution < -0.4 is 5.56 Å². The monoisotopic (exact) mass is 209 g/mol. The molecule has 14 heavy (non-hydrogen) atoms. The van der Waals surface area contributed by atoms with Crippen molar-refractivity contribution in [3.63, 3.8) is 0 Å². The summed E-state index contributed by atoms with van der Waals surface area (Å²) < 4.78 is 2.17. The standard InChI is InChI=1S/C7H7N5OS/c1-12-6(10-11-7(12)14)4-2-5(13)9-8-3-4/h2-3H,1H3,(H,9,13)(H,11,14). The molecule has 6 nitrogen and oxygen atoms in total. The van der Waals surface area contributed by atoms with Gasteiger partial charge in [0.25, 0.3) is 5.56 Å². The van der Waals surface area contributed by atoms with Gasteiger partial charge in [-0.1, -0.05) is 0 Å². The fraction of sp³-hybridized carbons (Fsp3) is 0.143. The molecule has 0 aliphatic heterocycles. The molecule has 0 fully saturated rings. The number of H-pyrrole nitrogens is 2. The van der Waals surface area contributed by atoms with Crippen molar-refractivity contribution in [3.8, 4) is 11.4 Å². The zero-order chi connectivity index (χ0) is 10.1.